The van der Waals surface area contributed by atoms with Crippen molar-refractivity contribution in [1.82, 2.24) is 0 Å². The van der Waals surface area contributed by atoms with Crippen LogP contribution < -0.4 is 0 Å². The van der Waals surface area contributed by atoms with Crippen LogP contribution in [0.3, 0.4) is 0 Å². The standard InChI is InChI=1S/C9H12O3/c1-7(6-10)8-4-2-3-5-9(11)12-8/h6H,2-5H2,1H3/b8-7+. The van der Waals surface area contributed by atoms with Gasteiger partial charge >= 0.3 is 5.97 Å². The molecule has 0 bridgehead atoms. The number of allylic oxidation sites excluding steroid dienone is 2. The summed E-state index contributed by atoms with van der Waals surface area (Å²) in [5, 5.41) is 0. The van der Waals surface area contributed by atoms with Crippen molar-refractivity contribution in [2.45, 2.75) is 32.6 Å². The average Bonchev–Trinajstić information content (AvgIpc) is 2.28. The lowest BCUT2D eigenvalue weighted by atomic mass is 10.1. The molecule has 0 aromatic heterocycles. The summed E-state index contributed by atoms with van der Waals surface area (Å²) >= 11 is 0. The van der Waals surface area contributed by atoms with Crippen LogP contribution in [-0.4, -0.2) is 12.3 Å². The summed E-state index contributed by atoms with van der Waals surface area (Å²) in [6, 6.07) is 0. The van der Waals surface area contributed by atoms with Crippen LogP contribution >= 0.6 is 0 Å². The second-order valence-electron chi connectivity index (χ2n) is 2.91. The molecule has 1 fully saturated rings. The largest absolute Gasteiger partial charge is 0.431 e. The van der Waals surface area contributed by atoms with Gasteiger partial charge in [0.05, 0.1) is 0 Å². The molecule has 1 saturated heterocycles. The van der Waals surface area contributed by atoms with Gasteiger partial charge in [0.25, 0.3) is 0 Å². The summed E-state index contributed by atoms with van der Waals surface area (Å²) < 4.78 is 4.97. The molecule has 0 aromatic rings. The van der Waals surface area contributed by atoms with E-state index in [4.69, 9.17) is 4.74 Å². The number of hydrogen-bond donors (Lipinski definition) is 0. The summed E-state index contributed by atoms with van der Waals surface area (Å²) in [6.45, 7) is 1.67. The Bertz CT molecular complexity index is 228. The van der Waals surface area contributed by atoms with Crippen molar-refractivity contribution in [1.29, 1.82) is 0 Å². The van der Waals surface area contributed by atoms with E-state index in [1.807, 2.05) is 0 Å². The number of hydrogen-bond acceptors (Lipinski definition) is 3. The third-order valence-electron chi connectivity index (χ3n) is 1.89. The molecule has 12 heavy (non-hydrogen) atoms. The molecule has 0 saturated carbocycles. The van der Waals surface area contributed by atoms with Crippen LogP contribution in [0, 0.1) is 0 Å². The molecule has 1 heterocycles. The van der Waals surface area contributed by atoms with Gasteiger partial charge in [0, 0.05) is 18.4 Å². The Morgan fingerprint density at radius 3 is 2.75 bits per heavy atom. The van der Waals surface area contributed by atoms with E-state index >= 15 is 0 Å². The molecule has 0 radical (unpaired) electrons. The van der Waals surface area contributed by atoms with Crippen LogP contribution in [0.5, 0.6) is 0 Å². The Labute approximate surface area is 71.4 Å². The second kappa shape index (κ2) is 4.04. The highest BCUT2D eigenvalue weighted by Gasteiger charge is 2.14. The zero-order valence-electron chi connectivity index (χ0n) is 7.13. The predicted molar refractivity (Wildman–Crippen MR) is 43.3 cm³/mol. The number of rotatable bonds is 1. The zero-order valence-corrected chi connectivity index (χ0v) is 7.13. The SMILES string of the molecule is C/C(C=O)=C1/CCCCC(=O)O1. The maximum atomic E-state index is 10.9. The lowest BCUT2D eigenvalue weighted by molar-refractivity contribution is -0.139. The zero-order chi connectivity index (χ0) is 8.97. The van der Waals surface area contributed by atoms with Gasteiger partial charge in [-0.05, 0) is 19.8 Å². The van der Waals surface area contributed by atoms with Gasteiger partial charge in [0.15, 0.2) is 0 Å². The van der Waals surface area contributed by atoms with E-state index in [2.05, 4.69) is 0 Å². The van der Waals surface area contributed by atoms with E-state index in [0.717, 1.165) is 19.1 Å². The average molecular weight is 168 g/mol. The smallest absolute Gasteiger partial charge is 0.310 e. The van der Waals surface area contributed by atoms with Crippen LogP contribution in [0.1, 0.15) is 32.6 Å². The van der Waals surface area contributed by atoms with Crippen LogP contribution in [0.2, 0.25) is 0 Å². The Hall–Kier alpha value is -1.12. The molecule has 1 aliphatic rings. The Morgan fingerprint density at radius 1 is 1.42 bits per heavy atom. The molecule has 0 atom stereocenters. The van der Waals surface area contributed by atoms with E-state index < -0.39 is 0 Å². The van der Waals surface area contributed by atoms with E-state index in [0.29, 0.717) is 24.2 Å². The fourth-order valence-electron chi connectivity index (χ4n) is 1.14. The van der Waals surface area contributed by atoms with Crippen LogP contribution in [0.25, 0.3) is 0 Å². The van der Waals surface area contributed by atoms with Crippen molar-refractivity contribution >= 4 is 12.3 Å². The van der Waals surface area contributed by atoms with E-state index in [1.165, 1.54) is 0 Å². The number of aldehydes is 1. The van der Waals surface area contributed by atoms with Crippen LogP contribution in [-0.2, 0) is 14.3 Å². The fraction of sp³-hybridized carbons (Fsp3) is 0.556. The van der Waals surface area contributed by atoms with E-state index in [9.17, 15) is 9.59 Å². The van der Waals surface area contributed by atoms with Crippen molar-refractivity contribution in [3.63, 3.8) is 0 Å². The molecule has 66 valence electrons. The molecule has 3 nitrogen and oxygen atoms in total. The summed E-state index contributed by atoms with van der Waals surface area (Å²) in [5.41, 5.74) is 0.533. The highest BCUT2D eigenvalue weighted by molar-refractivity contribution is 5.76. The summed E-state index contributed by atoms with van der Waals surface area (Å²) in [6.07, 6.45) is 3.68. The minimum absolute atomic E-state index is 0.219. The topological polar surface area (TPSA) is 43.4 Å². The van der Waals surface area contributed by atoms with Gasteiger partial charge in [-0.3, -0.25) is 9.59 Å². The van der Waals surface area contributed by atoms with Gasteiger partial charge in [-0.15, -0.1) is 0 Å². The van der Waals surface area contributed by atoms with Crippen molar-refractivity contribution in [2.75, 3.05) is 0 Å². The number of carbonyl (C=O) groups excluding carboxylic acids is 2. The molecule has 1 rings (SSSR count). The first-order valence-corrected chi connectivity index (χ1v) is 4.09. The second-order valence-corrected chi connectivity index (χ2v) is 2.91. The molecule has 3 heteroatoms. The summed E-state index contributed by atoms with van der Waals surface area (Å²) in [7, 11) is 0. The Morgan fingerprint density at radius 2 is 2.08 bits per heavy atom. The molecule has 0 aromatic carbocycles. The van der Waals surface area contributed by atoms with Crippen molar-refractivity contribution < 1.29 is 14.3 Å². The quantitative estimate of drug-likeness (QED) is 0.339. The number of esters is 1. The predicted octanol–water partition coefficient (Wildman–Crippen LogP) is 1.58. The summed E-state index contributed by atoms with van der Waals surface area (Å²) in [5.74, 6) is 0.330. The van der Waals surface area contributed by atoms with Crippen LogP contribution in [0.4, 0.5) is 0 Å². The Kier molecular flexibility index (Phi) is 3.02. The molecule has 0 unspecified atom stereocenters. The lowest BCUT2D eigenvalue weighted by Gasteiger charge is -2.04. The molecule has 0 N–H and O–H groups in total. The van der Waals surface area contributed by atoms with E-state index in [1.54, 1.807) is 6.92 Å². The molecule has 0 amide bonds. The normalized spacial score (nSPS) is 22.6. The van der Waals surface area contributed by atoms with Gasteiger partial charge in [-0.1, -0.05) is 0 Å². The molecule has 0 spiro atoms. The molecular weight excluding hydrogens is 156 g/mol. The van der Waals surface area contributed by atoms with Gasteiger partial charge in [-0.25, -0.2) is 0 Å². The first-order chi connectivity index (χ1) is 5.74. The first-order valence-electron chi connectivity index (χ1n) is 4.09. The van der Waals surface area contributed by atoms with Gasteiger partial charge < -0.3 is 4.74 Å². The molecular formula is C9H12O3. The van der Waals surface area contributed by atoms with Crippen molar-refractivity contribution in [3.8, 4) is 0 Å². The molecule has 0 aliphatic carbocycles. The maximum Gasteiger partial charge on any atom is 0.310 e. The minimum atomic E-state index is -0.219. The molecule has 1 aliphatic heterocycles. The maximum absolute atomic E-state index is 10.9. The van der Waals surface area contributed by atoms with E-state index in [-0.39, 0.29) is 5.97 Å². The highest BCUT2D eigenvalue weighted by atomic mass is 16.5. The van der Waals surface area contributed by atoms with Crippen molar-refractivity contribution in [2.24, 2.45) is 0 Å². The van der Waals surface area contributed by atoms with Crippen LogP contribution in [0.15, 0.2) is 11.3 Å². The monoisotopic (exact) mass is 168 g/mol. The third kappa shape index (κ3) is 2.19. The number of carbonyl (C=O) groups is 2. The van der Waals surface area contributed by atoms with Crippen molar-refractivity contribution in [3.05, 3.63) is 11.3 Å². The van der Waals surface area contributed by atoms with Gasteiger partial charge in [0.2, 0.25) is 0 Å². The third-order valence-corrected chi connectivity index (χ3v) is 1.89. The first kappa shape index (κ1) is 8.97. The minimum Gasteiger partial charge on any atom is -0.431 e. The number of ether oxygens (including phenoxy) is 1. The van der Waals surface area contributed by atoms with Gasteiger partial charge in [0.1, 0.15) is 12.0 Å². The highest BCUT2D eigenvalue weighted by Crippen LogP contribution is 2.19. The Balaban J connectivity index is 2.76. The van der Waals surface area contributed by atoms with Gasteiger partial charge in [-0.2, -0.15) is 0 Å². The fourth-order valence-corrected chi connectivity index (χ4v) is 1.14. The number of cyclic esters (lactones) is 1. The lowest BCUT2D eigenvalue weighted by Crippen LogP contribution is -2.02. The summed E-state index contributed by atoms with van der Waals surface area (Å²) in [4.78, 5) is 21.3.